The molecule has 1 N–H and O–H groups in total. The topological polar surface area (TPSA) is 35.6 Å². The average molecular weight is 241 g/mol. The number of piperazine rings is 1. The van der Waals surface area contributed by atoms with Crippen LogP contribution in [0.2, 0.25) is 0 Å². The zero-order chi connectivity index (χ0) is 12.8. The highest BCUT2D eigenvalue weighted by molar-refractivity contribution is 5.81. The summed E-state index contributed by atoms with van der Waals surface area (Å²) in [4.78, 5) is 16.4. The van der Waals surface area contributed by atoms with Gasteiger partial charge < -0.3 is 10.2 Å². The maximum absolute atomic E-state index is 11.9. The molecule has 100 valence electrons. The van der Waals surface area contributed by atoms with Crippen LogP contribution in [0.15, 0.2) is 0 Å². The predicted molar refractivity (Wildman–Crippen MR) is 71.0 cm³/mol. The molecule has 0 radical (unpaired) electrons. The third-order valence-corrected chi connectivity index (χ3v) is 3.51. The second-order valence-electron chi connectivity index (χ2n) is 5.36. The highest BCUT2D eigenvalue weighted by atomic mass is 16.2. The molecule has 0 spiro atoms. The summed E-state index contributed by atoms with van der Waals surface area (Å²) in [6.07, 6.45) is 1.25. The van der Waals surface area contributed by atoms with E-state index in [0.717, 1.165) is 32.1 Å². The largest absolute Gasteiger partial charge is 0.339 e. The Labute approximate surface area is 105 Å². The fourth-order valence-electron chi connectivity index (χ4n) is 2.03. The number of carbonyl (C=O) groups excluding carboxylic acids is 1. The summed E-state index contributed by atoms with van der Waals surface area (Å²) in [6.45, 7) is 11.4. The lowest BCUT2D eigenvalue weighted by Gasteiger charge is -2.36. The van der Waals surface area contributed by atoms with Gasteiger partial charge in [-0.05, 0) is 32.9 Å². The molecule has 1 atom stereocenters. The van der Waals surface area contributed by atoms with Crippen molar-refractivity contribution in [2.24, 2.45) is 5.92 Å². The zero-order valence-electron chi connectivity index (χ0n) is 11.7. The number of carbonyl (C=O) groups is 1. The highest BCUT2D eigenvalue weighted by Gasteiger charge is 2.23. The SMILES string of the molecule is CNC(C)C(=O)N1CCN(CCC(C)C)CC1. The lowest BCUT2D eigenvalue weighted by Crippen LogP contribution is -2.53. The first-order chi connectivity index (χ1) is 8.04. The molecule has 1 rings (SSSR count). The summed E-state index contributed by atoms with van der Waals surface area (Å²) in [5.74, 6) is 0.995. The van der Waals surface area contributed by atoms with E-state index < -0.39 is 0 Å². The molecule has 1 saturated heterocycles. The Bertz CT molecular complexity index is 235. The minimum absolute atomic E-state index is 0.0581. The van der Waals surface area contributed by atoms with Crippen molar-refractivity contribution in [2.45, 2.75) is 33.2 Å². The summed E-state index contributed by atoms with van der Waals surface area (Å²) in [5.41, 5.74) is 0. The molecule has 1 aliphatic rings. The molecule has 17 heavy (non-hydrogen) atoms. The van der Waals surface area contributed by atoms with Crippen LogP contribution in [-0.2, 0) is 4.79 Å². The Morgan fingerprint density at radius 2 is 1.76 bits per heavy atom. The van der Waals surface area contributed by atoms with Crippen LogP contribution in [0.25, 0.3) is 0 Å². The van der Waals surface area contributed by atoms with Gasteiger partial charge in [0.25, 0.3) is 0 Å². The number of likely N-dealkylation sites (N-methyl/N-ethyl adjacent to an activating group) is 1. The highest BCUT2D eigenvalue weighted by Crippen LogP contribution is 2.07. The van der Waals surface area contributed by atoms with Gasteiger partial charge in [-0.25, -0.2) is 0 Å². The van der Waals surface area contributed by atoms with Gasteiger partial charge in [-0.1, -0.05) is 13.8 Å². The molecule has 0 saturated carbocycles. The normalized spacial score (nSPS) is 19.7. The van der Waals surface area contributed by atoms with Gasteiger partial charge in [0.15, 0.2) is 0 Å². The van der Waals surface area contributed by atoms with Crippen molar-refractivity contribution in [3.8, 4) is 0 Å². The summed E-state index contributed by atoms with van der Waals surface area (Å²) in [5, 5.41) is 3.01. The van der Waals surface area contributed by atoms with Crippen molar-refractivity contribution >= 4 is 5.91 Å². The Morgan fingerprint density at radius 3 is 2.24 bits per heavy atom. The van der Waals surface area contributed by atoms with Crippen molar-refractivity contribution in [1.82, 2.24) is 15.1 Å². The first-order valence-electron chi connectivity index (χ1n) is 6.73. The summed E-state index contributed by atoms with van der Waals surface area (Å²) >= 11 is 0. The molecular formula is C13H27N3O. The maximum atomic E-state index is 11.9. The van der Waals surface area contributed by atoms with Gasteiger partial charge in [0.2, 0.25) is 5.91 Å². The fourth-order valence-corrected chi connectivity index (χ4v) is 2.03. The maximum Gasteiger partial charge on any atom is 0.239 e. The van der Waals surface area contributed by atoms with E-state index in [2.05, 4.69) is 24.1 Å². The Balaban J connectivity index is 2.28. The number of hydrogen-bond donors (Lipinski definition) is 1. The average Bonchev–Trinajstić information content (AvgIpc) is 2.35. The van der Waals surface area contributed by atoms with Crippen molar-refractivity contribution < 1.29 is 4.79 Å². The van der Waals surface area contributed by atoms with Crippen LogP contribution in [0.3, 0.4) is 0 Å². The summed E-state index contributed by atoms with van der Waals surface area (Å²) in [6, 6.07) is -0.0581. The number of nitrogens with one attached hydrogen (secondary N) is 1. The monoisotopic (exact) mass is 241 g/mol. The van der Waals surface area contributed by atoms with Crippen molar-refractivity contribution in [3.05, 3.63) is 0 Å². The Kier molecular flexibility index (Phi) is 5.92. The van der Waals surface area contributed by atoms with Crippen LogP contribution in [0.1, 0.15) is 27.2 Å². The third-order valence-electron chi connectivity index (χ3n) is 3.51. The Hall–Kier alpha value is -0.610. The van der Waals surface area contributed by atoms with E-state index in [1.54, 1.807) is 0 Å². The second kappa shape index (κ2) is 6.97. The molecule has 1 amide bonds. The van der Waals surface area contributed by atoms with Crippen molar-refractivity contribution in [2.75, 3.05) is 39.8 Å². The van der Waals surface area contributed by atoms with Gasteiger partial charge in [0, 0.05) is 26.2 Å². The minimum Gasteiger partial charge on any atom is -0.339 e. The second-order valence-corrected chi connectivity index (χ2v) is 5.36. The van der Waals surface area contributed by atoms with Crippen LogP contribution in [0.5, 0.6) is 0 Å². The number of amides is 1. The van der Waals surface area contributed by atoms with Gasteiger partial charge in [-0.3, -0.25) is 9.69 Å². The Morgan fingerprint density at radius 1 is 1.18 bits per heavy atom. The van der Waals surface area contributed by atoms with E-state index in [0.29, 0.717) is 0 Å². The van der Waals surface area contributed by atoms with Gasteiger partial charge in [-0.15, -0.1) is 0 Å². The van der Waals surface area contributed by atoms with E-state index in [1.165, 1.54) is 13.0 Å². The lowest BCUT2D eigenvalue weighted by atomic mass is 10.1. The van der Waals surface area contributed by atoms with E-state index in [9.17, 15) is 4.79 Å². The van der Waals surface area contributed by atoms with Crippen molar-refractivity contribution in [1.29, 1.82) is 0 Å². The number of rotatable bonds is 5. The fraction of sp³-hybridized carbons (Fsp3) is 0.923. The quantitative estimate of drug-likeness (QED) is 0.773. The summed E-state index contributed by atoms with van der Waals surface area (Å²) in [7, 11) is 1.83. The number of nitrogens with zero attached hydrogens (tertiary/aromatic N) is 2. The van der Waals surface area contributed by atoms with E-state index in [4.69, 9.17) is 0 Å². The molecule has 0 bridgehead atoms. The van der Waals surface area contributed by atoms with E-state index in [1.807, 2.05) is 18.9 Å². The molecule has 0 aromatic heterocycles. The molecule has 0 aromatic rings. The smallest absolute Gasteiger partial charge is 0.239 e. The third kappa shape index (κ3) is 4.64. The lowest BCUT2D eigenvalue weighted by molar-refractivity contribution is -0.134. The standard InChI is InChI=1S/C13H27N3O/c1-11(2)5-6-15-7-9-16(10-8-15)13(17)12(3)14-4/h11-12,14H,5-10H2,1-4H3. The van der Waals surface area contributed by atoms with Gasteiger partial charge in [-0.2, -0.15) is 0 Å². The van der Waals surface area contributed by atoms with Crippen LogP contribution < -0.4 is 5.32 Å². The van der Waals surface area contributed by atoms with Crippen molar-refractivity contribution in [3.63, 3.8) is 0 Å². The predicted octanol–water partition coefficient (Wildman–Crippen LogP) is 0.785. The molecule has 1 aliphatic heterocycles. The summed E-state index contributed by atoms with van der Waals surface area (Å²) < 4.78 is 0. The molecule has 1 unspecified atom stereocenters. The molecule has 4 heteroatoms. The zero-order valence-corrected chi connectivity index (χ0v) is 11.7. The van der Waals surface area contributed by atoms with Crippen LogP contribution >= 0.6 is 0 Å². The first kappa shape index (κ1) is 14.5. The van der Waals surface area contributed by atoms with Gasteiger partial charge in [0.05, 0.1) is 6.04 Å². The molecular weight excluding hydrogens is 214 g/mol. The van der Waals surface area contributed by atoms with Gasteiger partial charge in [0.1, 0.15) is 0 Å². The number of hydrogen-bond acceptors (Lipinski definition) is 3. The van der Waals surface area contributed by atoms with Crippen LogP contribution in [0.4, 0.5) is 0 Å². The molecule has 1 heterocycles. The van der Waals surface area contributed by atoms with E-state index >= 15 is 0 Å². The minimum atomic E-state index is -0.0581. The molecule has 1 fully saturated rings. The molecule has 4 nitrogen and oxygen atoms in total. The van der Waals surface area contributed by atoms with Crippen LogP contribution in [-0.4, -0.2) is 61.5 Å². The molecule has 0 aromatic carbocycles. The molecule has 0 aliphatic carbocycles. The van der Waals surface area contributed by atoms with E-state index in [-0.39, 0.29) is 11.9 Å². The first-order valence-corrected chi connectivity index (χ1v) is 6.73. The van der Waals surface area contributed by atoms with Crippen LogP contribution in [0, 0.1) is 5.92 Å². The van der Waals surface area contributed by atoms with Gasteiger partial charge >= 0.3 is 0 Å².